The number of aliphatic hydroxyl groups is 1. The van der Waals surface area contributed by atoms with Gasteiger partial charge >= 0.3 is 0 Å². The molecule has 1 N–H and O–H groups in total. The summed E-state index contributed by atoms with van der Waals surface area (Å²) in [5, 5.41) is 14.6. The number of hydrogen-bond acceptors (Lipinski definition) is 3. The number of benzene rings is 2. The SMILES string of the molecule is CC1CCCCC1(O)C(CN1CCN(C)CC1)c1cccc2ccccc12. The lowest BCUT2D eigenvalue weighted by Crippen LogP contribution is -2.52. The molecule has 3 heteroatoms. The predicted molar refractivity (Wildman–Crippen MR) is 113 cm³/mol. The molecule has 2 fully saturated rings. The van der Waals surface area contributed by atoms with E-state index in [1.165, 1.54) is 22.8 Å². The molecule has 1 heterocycles. The summed E-state index contributed by atoms with van der Waals surface area (Å²) in [5.74, 6) is 0.519. The van der Waals surface area contributed by atoms with Crippen molar-refractivity contribution >= 4 is 10.8 Å². The van der Waals surface area contributed by atoms with E-state index in [1.54, 1.807) is 0 Å². The molecule has 1 aliphatic heterocycles. The van der Waals surface area contributed by atoms with E-state index in [0.29, 0.717) is 5.92 Å². The van der Waals surface area contributed by atoms with Crippen molar-refractivity contribution < 1.29 is 5.11 Å². The van der Waals surface area contributed by atoms with Gasteiger partial charge < -0.3 is 14.9 Å². The van der Waals surface area contributed by atoms with Crippen LogP contribution in [0, 0.1) is 5.92 Å². The summed E-state index contributed by atoms with van der Waals surface area (Å²) in [5.41, 5.74) is 0.731. The fourth-order valence-corrected chi connectivity index (χ4v) is 5.24. The minimum atomic E-state index is -0.605. The maximum absolute atomic E-state index is 12.0. The summed E-state index contributed by atoms with van der Waals surface area (Å²) < 4.78 is 0. The monoisotopic (exact) mass is 366 g/mol. The first-order valence-electron chi connectivity index (χ1n) is 10.7. The van der Waals surface area contributed by atoms with Crippen molar-refractivity contribution in [2.24, 2.45) is 5.92 Å². The molecule has 2 aromatic rings. The van der Waals surface area contributed by atoms with Gasteiger partial charge in [-0.3, -0.25) is 0 Å². The zero-order chi connectivity index (χ0) is 18.9. The van der Waals surface area contributed by atoms with Crippen LogP contribution in [0.1, 0.15) is 44.1 Å². The van der Waals surface area contributed by atoms with Crippen LogP contribution in [-0.2, 0) is 0 Å². The highest BCUT2D eigenvalue weighted by molar-refractivity contribution is 5.86. The first-order valence-corrected chi connectivity index (χ1v) is 10.7. The topological polar surface area (TPSA) is 26.7 Å². The highest BCUT2D eigenvalue weighted by Crippen LogP contribution is 2.45. The second-order valence-corrected chi connectivity index (χ2v) is 8.86. The molecule has 2 aromatic carbocycles. The van der Waals surface area contributed by atoms with E-state index in [1.807, 2.05) is 0 Å². The molecule has 0 aromatic heterocycles. The quantitative estimate of drug-likeness (QED) is 0.882. The summed E-state index contributed by atoms with van der Waals surface area (Å²) >= 11 is 0. The maximum atomic E-state index is 12.0. The van der Waals surface area contributed by atoms with Crippen LogP contribution in [0.25, 0.3) is 10.8 Å². The summed E-state index contributed by atoms with van der Waals surface area (Å²) in [7, 11) is 2.20. The third-order valence-corrected chi connectivity index (χ3v) is 7.16. The minimum absolute atomic E-state index is 0.169. The lowest BCUT2D eigenvalue weighted by molar-refractivity contribution is -0.0722. The summed E-state index contributed by atoms with van der Waals surface area (Å²) in [6.45, 7) is 7.67. The number of fused-ring (bicyclic) bond motifs is 1. The third kappa shape index (κ3) is 3.78. The Morgan fingerprint density at radius 3 is 2.56 bits per heavy atom. The lowest BCUT2D eigenvalue weighted by Gasteiger charge is -2.47. The van der Waals surface area contributed by atoms with Crippen LogP contribution in [0.15, 0.2) is 42.5 Å². The molecule has 0 amide bonds. The van der Waals surface area contributed by atoms with Gasteiger partial charge in [-0.15, -0.1) is 0 Å². The standard InChI is InChI=1S/C24H34N2O/c1-19-8-5-6-13-24(19,27)23(18-26-16-14-25(2)15-17-26)22-12-7-10-20-9-3-4-11-21(20)22/h3-4,7,9-12,19,23,27H,5-6,8,13-18H2,1-2H3. The van der Waals surface area contributed by atoms with Gasteiger partial charge in [0.1, 0.15) is 0 Å². The molecule has 3 unspecified atom stereocenters. The van der Waals surface area contributed by atoms with Crippen LogP contribution in [0.3, 0.4) is 0 Å². The Hall–Kier alpha value is -1.42. The Morgan fingerprint density at radius 1 is 1.04 bits per heavy atom. The molecule has 1 saturated heterocycles. The molecule has 4 rings (SSSR count). The second-order valence-electron chi connectivity index (χ2n) is 8.86. The zero-order valence-corrected chi connectivity index (χ0v) is 16.9. The van der Waals surface area contributed by atoms with E-state index >= 15 is 0 Å². The average molecular weight is 367 g/mol. The summed E-state index contributed by atoms with van der Waals surface area (Å²) in [6.07, 6.45) is 4.46. The van der Waals surface area contributed by atoms with Crippen LogP contribution in [0.5, 0.6) is 0 Å². The molecule has 1 saturated carbocycles. The normalized spacial score (nSPS) is 29.1. The van der Waals surface area contributed by atoms with E-state index in [9.17, 15) is 5.11 Å². The molecule has 3 nitrogen and oxygen atoms in total. The summed E-state index contributed by atoms with van der Waals surface area (Å²) in [6, 6.07) is 15.3. The number of rotatable bonds is 4. The van der Waals surface area contributed by atoms with Gasteiger partial charge in [0.25, 0.3) is 0 Å². The lowest BCUT2D eigenvalue weighted by atomic mass is 9.66. The zero-order valence-electron chi connectivity index (χ0n) is 16.9. The van der Waals surface area contributed by atoms with E-state index in [2.05, 4.69) is 66.2 Å². The first-order chi connectivity index (χ1) is 13.1. The Balaban J connectivity index is 1.73. The number of likely N-dealkylation sites (N-methyl/N-ethyl adjacent to an activating group) is 1. The van der Waals surface area contributed by atoms with Crippen LogP contribution in [0.2, 0.25) is 0 Å². The van der Waals surface area contributed by atoms with Crippen molar-refractivity contribution in [1.29, 1.82) is 0 Å². The minimum Gasteiger partial charge on any atom is -0.389 e. The highest BCUT2D eigenvalue weighted by Gasteiger charge is 2.44. The first kappa shape index (κ1) is 18.9. The summed E-state index contributed by atoms with van der Waals surface area (Å²) in [4.78, 5) is 4.98. The van der Waals surface area contributed by atoms with Crippen LogP contribution in [-0.4, -0.2) is 60.3 Å². The van der Waals surface area contributed by atoms with Crippen molar-refractivity contribution in [2.75, 3.05) is 39.8 Å². The molecule has 2 aliphatic rings. The van der Waals surface area contributed by atoms with Gasteiger partial charge in [0.15, 0.2) is 0 Å². The van der Waals surface area contributed by atoms with Crippen molar-refractivity contribution in [1.82, 2.24) is 9.80 Å². The molecule has 0 radical (unpaired) electrons. The third-order valence-electron chi connectivity index (χ3n) is 7.16. The highest BCUT2D eigenvalue weighted by atomic mass is 16.3. The predicted octanol–water partition coefficient (Wildman–Crippen LogP) is 4.11. The van der Waals surface area contributed by atoms with Gasteiger partial charge in [-0.1, -0.05) is 62.2 Å². The second kappa shape index (κ2) is 7.90. The average Bonchev–Trinajstić information content (AvgIpc) is 2.69. The van der Waals surface area contributed by atoms with Gasteiger partial charge in [-0.25, -0.2) is 0 Å². The van der Waals surface area contributed by atoms with Gasteiger partial charge in [-0.05, 0) is 42.1 Å². The fourth-order valence-electron chi connectivity index (χ4n) is 5.24. The Labute approximate surface area is 164 Å². The van der Waals surface area contributed by atoms with Crippen LogP contribution < -0.4 is 0 Å². The van der Waals surface area contributed by atoms with E-state index in [-0.39, 0.29) is 5.92 Å². The Kier molecular flexibility index (Phi) is 5.54. The van der Waals surface area contributed by atoms with Crippen LogP contribution in [0.4, 0.5) is 0 Å². The van der Waals surface area contributed by atoms with Gasteiger partial charge in [0, 0.05) is 38.6 Å². The van der Waals surface area contributed by atoms with Crippen molar-refractivity contribution in [3.8, 4) is 0 Å². The van der Waals surface area contributed by atoms with Gasteiger partial charge in [0.05, 0.1) is 5.60 Å². The van der Waals surface area contributed by atoms with Crippen molar-refractivity contribution in [2.45, 2.75) is 44.1 Å². The number of piperazine rings is 1. The van der Waals surface area contributed by atoms with Gasteiger partial charge in [0.2, 0.25) is 0 Å². The van der Waals surface area contributed by atoms with Crippen molar-refractivity contribution in [3.05, 3.63) is 48.0 Å². The largest absolute Gasteiger partial charge is 0.389 e. The molecule has 27 heavy (non-hydrogen) atoms. The van der Waals surface area contributed by atoms with E-state index in [0.717, 1.165) is 52.0 Å². The van der Waals surface area contributed by atoms with E-state index in [4.69, 9.17) is 0 Å². The Bertz CT molecular complexity index is 763. The smallest absolute Gasteiger partial charge is 0.0753 e. The molecule has 1 aliphatic carbocycles. The molecule has 3 atom stereocenters. The fraction of sp³-hybridized carbons (Fsp3) is 0.583. The van der Waals surface area contributed by atoms with Crippen LogP contribution >= 0.6 is 0 Å². The number of hydrogen-bond donors (Lipinski definition) is 1. The van der Waals surface area contributed by atoms with Crippen molar-refractivity contribution in [3.63, 3.8) is 0 Å². The molecular formula is C24H34N2O. The number of nitrogens with zero attached hydrogens (tertiary/aromatic N) is 2. The van der Waals surface area contributed by atoms with Gasteiger partial charge in [-0.2, -0.15) is 0 Å². The molecule has 0 bridgehead atoms. The Morgan fingerprint density at radius 2 is 1.78 bits per heavy atom. The molecule has 0 spiro atoms. The maximum Gasteiger partial charge on any atom is 0.0753 e. The molecule has 146 valence electrons. The van der Waals surface area contributed by atoms with E-state index < -0.39 is 5.60 Å². The molecular weight excluding hydrogens is 332 g/mol.